The summed E-state index contributed by atoms with van der Waals surface area (Å²) in [5, 5.41) is 11.5. The number of fused-ring (bicyclic) bond motifs is 3. The molecule has 2 aromatic heterocycles. The molecule has 6 nitrogen and oxygen atoms in total. The maximum atomic E-state index is 9.57. The summed E-state index contributed by atoms with van der Waals surface area (Å²) in [6.45, 7) is 2.43. The lowest BCUT2D eigenvalue weighted by atomic mass is 10.1. The fraction of sp³-hybridized carbons (Fsp3) is 0.158. The van der Waals surface area contributed by atoms with Crippen molar-refractivity contribution in [2.45, 2.75) is 20.1 Å². The second kappa shape index (κ2) is 5.75. The van der Waals surface area contributed by atoms with Crippen LogP contribution in [0.15, 0.2) is 42.6 Å². The molecule has 0 atom stereocenters. The van der Waals surface area contributed by atoms with Crippen LogP contribution in [0.3, 0.4) is 0 Å². The van der Waals surface area contributed by atoms with Gasteiger partial charge in [-0.15, -0.1) is 0 Å². The molecule has 0 radical (unpaired) electrons. The summed E-state index contributed by atoms with van der Waals surface area (Å²) >= 11 is 0. The van der Waals surface area contributed by atoms with Gasteiger partial charge in [-0.3, -0.25) is 0 Å². The van der Waals surface area contributed by atoms with Crippen molar-refractivity contribution in [2.75, 3.05) is 11.5 Å². The highest BCUT2D eigenvalue weighted by molar-refractivity contribution is 6.10. The van der Waals surface area contributed by atoms with E-state index in [9.17, 15) is 5.11 Å². The lowest BCUT2D eigenvalue weighted by molar-refractivity contribution is 0.280. The highest BCUT2D eigenvalue weighted by Gasteiger charge is 2.12. The average molecular weight is 333 g/mol. The number of aliphatic hydroxyl groups excluding tert-OH is 1. The van der Waals surface area contributed by atoms with Crippen molar-refractivity contribution >= 4 is 33.3 Å². The van der Waals surface area contributed by atoms with E-state index in [1.807, 2.05) is 43.5 Å². The lowest BCUT2D eigenvalue weighted by Gasteiger charge is -2.11. The van der Waals surface area contributed by atoms with Gasteiger partial charge in [-0.1, -0.05) is 6.07 Å². The highest BCUT2D eigenvalue weighted by atomic mass is 16.3. The van der Waals surface area contributed by atoms with Gasteiger partial charge in [0.05, 0.1) is 17.5 Å². The summed E-state index contributed by atoms with van der Waals surface area (Å²) < 4.78 is 2.11. The third-order valence-electron chi connectivity index (χ3n) is 4.49. The molecule has 0 saturated heterocycles. The van der Waals surface area contributed by atoms with Gasteiger partial charge in [0.15, 0.2) is 0 Å². The number of nitrogens with zero attached hydrogens (tertiary/aromatic N) is 3. The molecule has 0 saturated carbocycles. The van der Waals surface area contributed by atoms with E-state index in [2.05, 4.69) is 14.5 Å². The van der Waals surface area contributed by atoms with Gasteiger partial charge in [0.25, 0.3) is 0 Å². The number of hydrogen-bond acceptors (Lipinski definition) is 5. The highest BCUT2D eigenvalue weighted by Crippen LogP contribution is 2.29. The third-order valence-corrected chi connectivity index (χ3v) is 4.49. The zero-order chi connectivity index (χ0) is 17.6. The quantitative estimate of drug-likeness (QED) is 0.500. The summed E-state index contributed by atoms with van der Waals surface area (Å²) in [6.07, 6.45) is 2.01. The van der Waals surface area contributed by atoms with Crippen molar-refractivity contribution in [3.63, 3.8) is 0 Å². The number of rotatable bonds is 3. The number of nitrogens with two attached hydrogens (primary N) is 2. The Hall–Kier alpha value is -3.12. The predicted octanol–water partition coefficient (Wildman–Crippen LogP) is 2.60. The molecule has 0 aliphatic rings. The molecular formula is C19H19N5O. The molecule has 4 rings (SSSR count). The first-order valence-electron chi connectivity index (χ1n) is 8.06. The Morgan fingerprint density at radius 3 is 2.68 bits per heavy atom. The van der Waals surface area contributed by atoms with Crippen LogP contribution in [0.5, 0.6) is 0 Å². The molecule has 0 fully saturated rings. The van der Waals surface area contributed by atoms with E-state index in [1.54, 1.807) is 6.07 Å². The van der Waals surface area contributed by atoms with Crippen LogP contribution < -0.4 is 11.5 Å². The molecular weight excluding hydrogens is 314 g/mol. The van der Waals surface area contributed by atoms with E-state index < -0.39 is 0 Å². The zero-order valence-electron chi connectivity index (χ0n) is 13.9. The number of aliphatic hydroxyl groups is 1. The Labute approximate surface area is 144 Å². The molecule has 2 aromatic carbocycles. The van der Waals surface area contributed by atoms with Gasteiger partial charge in [0.2, 0.25) is 0 Å². The summed E-state index contributed by atoms with van der Waals surface area (Å²) in [5.74, 6) is 1.15. The SMILES string of the molecule is Cc1nc(N)c2c(ccc3c2ccn3Cc2cc(N)ccc2CO)n1. The number of benzene rings is 2. The molecule has 0 unspecified atom stereocenters. The molecule has 6 heteroatoms. The molecule has 126 valence electrons. The first-order valence-corrected chi connectivity index (χ1v) is 8.06. The van der Waals surface area contributed by atoms with Crippen molar-refractivity contribution in [3.05, 3.63) is 59.5 Å². The van der Waals surface area contributed by atoms with E-state index in [-0.39, 0.29) is 6.61 Å². The van der Waals surface area contributed by atoms with E-state index in [4.69, 9.17) is 11.5 Å². The van der Waals surface area contributed by atoms with Crippen LogP contribution in [-0.2, 0) is 13.2 Å². The summed E-state index contributed by atoms with van der Waals surface area (Å²) in [5.41, 5.74) is 16.5. The zero-order valence-corrected chi connectivity index (χ0v) is 13.9. The second-order valence-electron chi connectivity index (χ2n) is 6.18. The number of nitrogen functional groups attached to an aromatic ring is 2. The Bertz CT molecular complexity index is 1100. The number of anilines is 2. The average Bonchev–Trinajstić information content (AvgIpc) is 2.97. The number of hydrogen-bond donors (Lipinski definition) is 3. The van der Waals surface area contributed by atoms with Gasteiger partial charge in [0, 0.05) is 29.3 Å². The minimum Gasteiger partial charge on any atom is -0.399 e. The molecule has 2 heterocycles. The maximum absolute atomic E-state index is 9.57. The Morgan fingerprint density at radius 1 is 1.04 bits per heavy atom. The lowest BCUT2D eigenvalue weighted by Crippen LogP contribution is -2.03. The second-order valence-corrected chi connectivity index (χ2v) is 6.18. The van der Waals surface area contributed by atoms with Crippen LogP contribution in [0, 0.1) is 6.92 Å². The largest absolute Gasteiger partial charge is 0.399 e. The number of aryl methyl sites for hydroxylation is 1. The molecule has 0 aliphatic carbocycles. The van der Waals surface area contributed by atoms with Gasteiger partial charge >= 0.3 is 0 Å². The van der Waals surface area contributed by atoms with Crippen LogP contribution in [0.4, 0.5) is 11.5 Å². The summed E-state index contributed by atoms with van der Waals surface area (Å²) in [4.78, 5) is 8.76. The fourth-order valence-corrected chi connectivity index (χ4v) is 3.32. The molecule has 0 spiro atoms. The van der Waals surface area contributed by atoms with Gasteiger partial charge in [-0.05, 0) is 48.4 Å². The molecule has 4 aromatic rings. The standard InChI is InChI=1S/C19H19N5O/c1-11-22-16-4-5-17-15(18(16)19(21)23-11)6-7-24(17)9-13-8-14(20)3-2-12(13)10-25/h2-8,25H,9-10,20H2,1H3,(H2,21,22,23). The topological polar surface area (TPSA) is 103 Å². The summed E-state index contributed by atoms with van der Waals surface area (Å²) in [6, 6.07) is 11.6. The van der Waals surface area contributed by atoms with E-state index in [1.165, 1.54) is 0 Å². The van der Waals surface area contributed by atoms with Crippen molar-refractivity contribution < 1.29 is 5.11 Å². The smallest absolute Gasteiger partial charge is 0.135 e. The van der Waals surface area contributed by atoms with Crippen LogP contribution in [-0.4, -0.2) is 19.6 Å². The van der Waals surface area contributed by atoms with Gasteiger partial charge in [-0.25, -0.2) is 9.97 Å². The van der Waals surface area contributed by atoms with E-state index in [0.29, 0.717) is 23.9 Å². The molecule has 0 amide bonds. The first kappa shape index (κ1) is 15.4. The van der Waals surface area contributed by atoms with Crippen molar-refractivity contribution in [2.24, 2.45) is 0 Å². The van der Waals surface area contributed by atoms with Crippen LogP contribution in [0.2, 0.25) is 0 Å². The fourth-order valence-electron chi connectivity index (χ4n) is 3.32. The molecule has 25 heavy (non-hydrogen) atoms. The van der Waals surface area contributed by atoms with Crippen LogP contribution in [0.25, 0.3) is 21.8 Å². The minimum absolute atomic E-state index is 0.0161. The monoisotopic (exact) mass is 333 g/mol. The van der Waals surface area contributed by atoms with Gasteiger partial charge in [-0.2, -0.15) is 0 Å². The van der Waals surface area contributed by atoms with Gasteiger partial charge < -0.3 is 21.1 Å². The van der Waals surface area contributed by atoms with E-state index in [0.717, 1.165) is 32.9 Å². The molecule has 0 bridgehead atoms. The summed E-state index contributed by atoms with van der Waals surface area (Å²) in [7, 11) is 0. The van der Waals surface area contributed by atoms with Crippen molar-refractivity contribution in [1.82, 2.24) is 14.5 Å². The predicted molar refractivity (Wildman–Crippen MR) is 100 cm³/mol. The number of aromatic nitrogens is 3. The molecule has 0 aliphatic heterocycles. The van der Waals surface area contributed by atoms with Crippen LogP contribution in [0.1, 0.15) is 17.0 Å². The minimum atomic E-state index is -0.0161. The maximum Gasteiger partial charge on any atom is 0.135 e. The van der Waals surface area contributed by atoms with Crippen LogP contribution >= 0.6 is 0 Å². The normalized spacial score (nSPS) is 11.4. The third kappa shape index (κ3) is 2.56. The van der Waals surface area contributed by atoms with Crippen molar-refractivity contribution in [3.8, 4) is 0 Å². The Kier molecular flexibility index (Phi) is 3.54. The Morgan fingerprint density at radius 2 is 1.88 bits per heavy atom. The van der Waals surface area contributed by atoms with Crippen molar-refractivity contribution in [1.29, 1.82) is 0 Å². The molecule has 5 N–H and O–H groups in total. The first-order chi connectivity index (χ1) is 12.1. The van der Waals surface area contributed by atoms with Gasteiger partial charge in [0.1, 0.15) is 11.6 Å². The Balaban J connectivity index is 1.87. The van der Waals surface area contributed by atoms with E-state index >= 15 is 0 Å².